The molecule has 1 aromatic rings. The average Bonchev–Trinajstić information content (AvgIpc) is 2.62. The lowest BCUT2D eigenvalue weighted by atomic mass is 9.54. The van der Waals surface area contributed by atoms with Gasteiger partial charge in [-0.25, -0.2) is 4.39 Å². The second kappa shape index (κ2) is 6.54. The lowest BCUT2D eigenvalue weighted by Gasteiger charge is -2.46. The van der Waals surface area contributed by atoms with Crippen LogP contribution < -0.4 is 4.90 Å². The molecule has 7 heteroatoms. The van der Waals surface area contributed by atoms with E-state index >= 15 is 0 Å². The van der Waals surface area contributed by atoms with Crippen LogP contribution in [0.25, 0.3) is 0 Å². The molecule has 0 saturated heterocycles. The summed E-state index contributed by atoms with van der Waals surface area (Å²) in [5.41, 5.74) is -1.47. The van der Waals surface area contributed by atoms with E-state index < -0.39 is 29.0 Å². The largest absolute Gasteiger partial charge is 0.334 e. The highest BCUT2D eigenvalue weighted by molar-refractivity contribution is 6.31. The fraction of sp³-hybridized carbons (Fsp3) is 0.368. The van der Waals surface area contributed by atoms with E-state index in [9.17, 15) is 20.2 Å². The summed E-state index contributed by atoms with van der Waals surface area (Å²) in [6.07, 6.45) is 1.88. The number of nitrogens with one attached hydrogen (secondary N) is 2. The molecule has 2 aliphatic rings. The van der Waals surface area contributed by atoms with Crippen molar-refractivity contribution >= 4 is 17.3 Å². The molecule has 1 saturated carbocycles. The van der Waals surface area contributed by atoms with E-state index in [1.807, 2.05) is 25.3 Å². The first-order valence-electron chi connectivity index (χ1n) is 8.17. The van der Waals surface area contributed by atoms with Crippen LogP contribution in [0.1, 0.15) is 11.5 Å². The highest BCUT2D eigenvalue weighted by Gasteiger charge is 2.59. The summed E-state index contributed by atoms with van der Waals surface area (Å²) in [7, 11) is 1.95. The van der Waals surface area contributed by atoms with Gasteiger partial charge >= 0.3 is 0 Å². The van der Waals surface area contributed by atoms with Crippen LogP contribution in [0.15, 0.2) is 29.8 Å². The molecule has 1 aliphatic heterocycles. The first-order chi connectivity index (χ1) is 12.4. The lowest BCUT2D eigenvalue weighted by Crippen LogP contribution is -3.10. The predicted octanol–water partition coefficient (Wildman–Crippen LogP) is 1.84. The van der Waals surface area contributed by atoms with Crippen molar-refractivity contribution in [1.29, 1.82) is 21.2 Å². The van der Waals surface area contributed by atoms with Gasteiger partial charge in [-0.3, -0.25) is 0 Å². The molecule has 0 aromatic heterocycles. The second-order valence-electron chi connectivity index (χ2n) is 6.80. The maximum Gasteiger partial charge on any atom is 0.190 e. The number of hydrogen-bond acceptors (Lipinski definition) is 4. The Labute approximate surface area is 156 Å². The van der Waals surface area contributed by atoms with Gasteiger partial charge in [0, 0.05) is 22.4 Å². The summed E-state index contributed by atoms with van der Waals surface area (Å²) in [6, 6.07) is 10.1. The van der Waals surface area contributed by atoms with Gasteiger partial charge in [-0.1, -0.05) is 17.7 Å². The number of rotatable bonds is 1. The third-order valence-electron chi connectivity index (χ3n) is 5.39. The van der Waals surface area contributed by atoms with E-state index in [1.165, 1.54) is 18.2 Å². The van der Waals surface area contributed by atoms with Crippen molar-refractivity contribution in [1.82, 2.24) is 0 Å². The summed E-state index contributed by atoms with van der Waals surface area (Å²) in [5, 5.41) is 37.9. The Morgan fingerprint density at radius 1 is 1.31 bits per heavy atom. The van der Waals surface area contributed by atoms with Crippen LogP contribution in [0.4, 0.5) is 4.39 Å². The number of halogens is 2. The normalized spacial score (nSPS) is 29.5. The summed E-state index contributed by atoms with van der Waals surface area (Å²) in [6.45, 7) is 1.19. The minimum atomic E-state index is -1.94. The van der Waals surface area contributed by atoms with Crippen LogP contribution in [0.5, 0.6) is 0 Å². The molecule has 26 heavy (non-hydrogen) atoms. The minimum absolute atomic E-state index is 0.0732. The monoisotopic (exact) mass is 368 g/mol. The van der Waals surface area contributed by atoms with Crippen LogP contribution in [0, 0.1) is 62.5 Å². The van der Waals surface area contributed by atoms with E-state index in [-0.39, 0.29) is 16.3 Å². The molecule has 130 valence electrons. The molecule has 3 rings (SSSR count). The molecule has 1 heterocycles. The number of hydrogen-bond donors (Lipinski definition) is 2. The molecular formula is C19H16ClFN5+. The smallest absolute Gasteiger partial charge is 0.190 e. The van der Waals surface area contributed by atoms with Gasteiger partial charge < -0.3 is 10.3 Å². The Hall–Kier alpha value is -2.72. The zero-order chi connectivity index (χ0) is 19.1. The van der Waals surface area contributed by atoms with Crippen molar-refractivity contribution in [2.24, 2.45) is 17.3 Å². The maximum absolute atomic E-state index is 14.7. The summed E-state index contributed by atoms with van der Waals surface area (Å²) in [5.74, 6) is -2.92. The Bertz CT molecular complexity index is 898. The number of nitrogens with zero attached hydrogens (tertiary/aromatic N) is 3. The highest BCUT2D eigenvalue weighted by Crippen LogP contribution is 2.54. The van der Waals surface area contributed by atoms with Gasteiger partial charge in [0.15, 0.2) is 5.41 Å². The lowest BCUT2D eigenvalue weighted by molar-refractivity contribution is -0.878. The van der Waals surface area contributed by atoms with Crippen molar-refractivity contribution in [2.45, 2.75) is 5.92 Å². The molecular weight excluding hydrogens is 353 g/mol. The fourth-order valence-corrected chi connectivity index (χ4v) is 4.46. The molecule has 1 fully saturated rings. The predicted molar refractivity (Wildman–Crippen MR) is 92.8 cm³/mol. The molecule has 0 spiro atoms. The molecule has 0 bridgehead atoms. The number of benzene rings is 1. The fourth-order valence-electron chi connectivity index (χ4n) is 4.18. The molecule has 2 unspecified atom stereocenters. The number of fused-ring (bicyclic) bond motifs is 1. The molecule has 1 aliphatic carbocycles. The van der Waals surface area contributed by atoms with Gasteiger partial charge in [-0.05, 0) is 23.8 Å². The zero-order valence-electron chi connectivity index (χ0n) is 14.1. The Kier molecular flexibility index (Phi) is 4.55. The number of likely N-dealkylation sites (N-methyl/N-ethyl adjacent to an activating group) is 1. The van der Waals surface area contributed by atoms with Crippen LogP contribution in [0.3, 0.4) is 0 Å². The van der Waals surface area contributed by atoms with E-state index in [2.05, 4.69) is 6.07 Å². The first kappa shape index (κ1) is 18.1. The number of quaternary nitrogens is 1. The highest BCUT2D eigenvalue weighted by atomic mass is 35.5. The third-order valence-corrected chi connectivity index (χ3v) is 5.72. The average molecular weight is 369 g/mol. The van der Waals surface area contributed by atoms with Gasteiger partial charge in [-0.15, -0.1) is 0 Å². The standard InChI is InChI=1S/C19H15ClFN5/c1-26-6-5-11-12(7-22)18(25)19(9-23,10-24)17(13(11)8-26)16-14(20)3-2-4-15(16)21/h2-5,12-13,17,25H,6,8H2,1H3/p+1/t12?,13-,17-/m1/s1. The van der Waals surface area contributed by atoms with Crippen LogP contribution in [-0.4, -0.2) is 25.8 Å². The van der Waals surface area contributed by atoms with E-state index in [1.54, 1.807) is 0 Å². The molecule has 2 N–H and O–H groups in total. The van der Waals surface area contributed by atoms with E-state index in [4.69, 9.17) is 17.0 Å². The van der Waals surface area contributed by atoms with Gasteiger partial charge in [0.1, 0.15) is 11.7 Å². The van der Waals surface area contributed by atoms with E-state index in [0.717, 1.165) is 4.90 Å². The van der Waals surface area contributed by atoms with Gasteiger partial charge in [0.05, 0.1) is 44.1 Å². The summed E-state index contributed by atoms with van der Waals surface area (Å²) >= 11 is 6.27. The topological polar surface area (TPSA) is 99.7 Å². The van der Waals surface area contributed by atoms with Crippen molar-refractivity contribution < 1.29 is 9.29 Å². The molecule has 0 amide bonds. The summed E-state index contributed by atoms with van der Waals surface area (Å²) < 4.78 is 14.7. The quantitative estimate of drug-likeness (QED) is 0.740. The van der Waals surface area contributed by atoms with Gasteiger partial charge in [-0.2, -0.15) is 15.8 Å². The molecule has 0 radical (unpaired) electrons. The molecule has 5 nitrogen and oxygen atoms in total. The Morgan fingerprint density at radius 3 is 2.58 bits per heavy atom. The summed E-state index contributed by atoms with van der Waals surface area (Å²) in [4.78, 5) is 1.12. The van der Waals surface area contributed by atoms with E-state index in [0.29, 0.717) is 18.7 Å². The van der Waals surface area contributed by atoms with Crippen molar-refractivity contribution in [2.75, 3.05) is 20.1 Å². The Morgan fingerprint density at radius 2 is 2.00 bits per heavy atom. The first-order valence-corrected chi connectivity index (χ1v) is 8.55. The van der Waals surface area contributed by atoms with Crippen molar-refractivity contribution in [3.05, 3.63) is 46.3 Å². The van der Waals surface area contributed by atoms with Crippen molar-refractivity contribution in [3.8, 4) is 18.2 Å². The van der Waals surface area contributed by atoms with Crippen molar-refractivity contribution in [3.63, 3.8) is 0 Å². The van der Waals surface area contributed by atoms with Crippen LogP contribution in [0.2, 0.25) is 5.02 Å². The third kappa shape index (κ3) is 2.41. The van der Waals surface area contributed by atoms with Gasteiger partial charge in [0.2, 0.25) is 0 Å². The second-order valence-corrected chi connectivity index (χ2v) is 7.20. The van der Waals surface area contributed by atoms with Crippen LogP contribution in [-0.2, 0) is 0 Å². The molecule has 4 atom stereocenters. The Balaban J connectivity index is 2.35. The molecule has 1 aromatic carbocycles. The maximum atomic E-state index is 14.7. The number of nitriles is 3. The SMILES string of the molecule is C[NH+]1CC=C2C(C#N)C(=N)C(C#N)(C#N)[C@@H](c3c(F)cccc3Cl)[C@@H]2C1. The minimum Gasteiger partial charge on any atom is -0.334 e. The van der Waals surface area contributed by atoms with Gasteiger partial charge in [0.25, 0.3) is 0 Å². The zero-order valence-corrected chi connectivity index (χ0v) is 14.8. The van der Waals surface area contributed by atoms with Crippen LogP contribution >= 0.6 is 11.6 Å².